The molecule has 2 aromatic rings. The van der Waals surface area contributed by atoms with Crippen LogP contribution in [0.1, 0.15) is 40.7 Å². The minimum Gasteiger partial charge on any atom is -0.463 e. The summed E-state index contributed by atoms with van der Waals surface area (Å²) >= 11 is 1.23. The van der Waals surface area contributed by atoms with Gasteiger partial charge in [-0.25, -0.2) is 18.7 Å². The molecule has 9 heteroatoms. The molecule has 0 radical (unpaired) electrons. The zero-order valence-corrected chi connectivity index (χ0v) is 18.5. The van der Waals surface area contributed by atoms with Gasteiger partial charge in [-0.15, -0.1) is 6.42 Å². The molecular formula is C23H22F2N4O2S. The van der Waals surface area contributed by atoms with Gasteiger partial charge in [0.05, 0.1) is 22.2 Å². The van der Waals surface area contributed by atoms with E-state index >= 15 is 0 Å². The lowest BCUT2D eigenvalue weighted by atomic mass is 9.84. The minimum atomic E-state index is -0.990. The van der Waals surface area contributed by atoms with Gasteiger partial charge in [0, 0.05) is 17.9 Å². The molecule has 6 nitrogen and oxygen atoms in total. The number of thioether (sulfide) groups is 1. The van der Waals surface area contributed by atoms with Gasteiger partial charge in [0.1, 0.15) is 18.2 Å². The van der Waals surface area contributed by atoms with Gasteiger partial charge in [-0.1, -0.05) is 23.7 Å². The molecule has 1 fully saturated rings. The van der Waals surface area contributed by atoms with Crippen LogP contribution in [0.25, 0.3) is 0 Å². The smallest absolute Gasteiger partial charge is 0.233 e. The molecule has 32 heavy (non-hydrogen) atoms. The number of terminal acetylenes is 1. The number of amidine groups is 1. The number of alkyl halides is 1. The first-order valence-electron chi connectivity index (χ1n) is 10.0. The fraction of sp³-hybridized carbons (Fsp3) is 0.391. The Morgan fingerprint density at radius 2 is 2.25 bits per heavy atom. The summed E-state index contributed by atoms with van der Waals surface area (Å²) in [6.45, 7) is 2.93. The van der Waals surface area contributed by atoms with Crippen molar-refractivity contribution < 1.29 is 18.3 Å². The van der Waals surface area contributed by atoms with E-state index in [0.717, 1.165) is 0 Å². The van der Waals surface area contributed by atoms with Crippen LogP contribution in [0, 0.1) is 31.0 Å². The standard InChI is InChI=1S/C23H22F2N4O2S/c1-4-7-31-19-11-27-20(13(2)28-19)17(30)9-14-5-6-16(25)15(8-14)22(3)18-10-23(18,12-24)32-21(26)29-22/h1,5-6,8,11,18H,7,9-10,12H2,2-3H3,(H2,26,29)/t18-,22+,23+/m0/s1. The van der Waals surface area contributed by atoms with Gasteiger partial charge in [-0.3, -0.25) is 9.79 Å². The third kappa shape index (κ3) is 3.84. The highest BCUT2D eigenvalue weighted by atomic mass is 32.2. The number of aliphatic imine (C=N–C) groups is 1. The highest BCUT2D eigenvalue weighted by Crippen LogP contribution is 2.66. The molecule has 0 amide bonds. The van der Waals surface area contributed by atoms with Gasteiger partial charge >= 0.3 is 0 Å². The Bertz CT molecular complexity index is 1170. The Hall–Kier alpha value is -2.99. The molecule has 1 aromatic carbocycles. The van der Waals surface area contributed by atoms with E-state index in [0.29, 0.717) is 23.2 Å². The quantitative estimate of drug-likeness (QED) is 0.508. The third-order valence-corrected chi connectivity index (χ3v) is 7.28. The molecule has 1 saturated carbocycles. The van der Waals surface area contributed by atoms with Crippen LogP contribution in [0.5, 0.6) is 5.88 Å². The molecular weight excluding hydrogens is 434 g/mol. The molecule has 2 heterocycles. The zero-order valence-electron chi connectivity index (χ0n) is 17.7. The topological polar surface area (TPSA) is 90.5 Å². The van der Waals surface area contributed by atoms with Crippen molar-refractivity contribution in [2.24, 2.45) is 16.6 Å². The number of aromatic nitrogens is 2. The molecule has 166 valence electrons. The van der Waals surface area contributed by atoms with Crippen molar-refractivity contribution in [3.05, 3.63) is 52.7 Å². The fourth-order valence-corrected chi connectivity index (χ4v) is 5.66. The predicted octanol–water partition coefficient (Wildman–Crippen LogP) is 3.37. The second-order valence-corrected chi connectivity index (χ2v) is 9.64. The first-order chi connectivity index (χ1) is 15.2. The minimum absolute atomic E-state index is 0.00366. The molecule has 2 aliphatic rings. The number of halogens is 2. The number of ketones is 1. The van der Waals surface area contributed by atoms with E-state index in [2.05, 4.69) is 20.9 Å². The average Bonchev–Trinajstić information content (AvgIpc) is 3.49. The average molecular weight is 457 g/mol. The Labute approximate surface area is 189 Å². The van der Waals surface area contributed by atoms with Gasteiger partial charge in [0.2, 0.25) is 5.88 Å². The number of ether oxygens (including phenoxy) is 1. The first kappa shape index (κ1) is 22.2. The SMILES string of the molecule is C#CCOc1cnc(C(=O)Cc2ccc(F)c([C@@]3(C)N=C(N)S[C@@]4(CF)C[C@H]43)c2)c(C)n1. The molecule has 4 rings (SSSR count). The molecule has 0 bridgehead atoms. The normalized spacial score (nSPS) is 26.0. The summed E-state index contributed by atoms with van der Waals surface area (Å²) < 4.78 is 33.2. The van der Waals surface area contributed by atoms with E-state index in [9.17, 15) is 13.6 Å². The van der Waals surface area contributed by atoms with Gasteiger partial charge in [0.25, 0.3) is 0 Å². The number of aryl methyl sites for hydroxylation is 1. The molecule has 0 saturated heterocycles. The van der Waals surface area contributed by atoms with Crippen LogP contribution in [0.4, 0.5) is 8.78 Å². The zero-order chi connectivity index (χ0) is 23.1. The molecule has 1 aliphatic carbocycles. The largest absolute Gasteiger partial charge is 0.463 e. The van der Waals surface area contributed by atoms with Crippen LogP contribution >= 0.6 is 11.8 Å². The van der Waals surface area contributed by atoms with E-state index in [1.54, 1.807) is 26.0 Å². The van der Waals surface area contributed by atoms with Crippen molar-refractivity contribution >= 4 is 22.7 Å². The summed E-state index contributed by atoms with van der Waals surface area (Å²) in [6.07, 6.45) is 7.07. The first-order valence-corrected chi connectivity index (χ1v) is 10.9. The second kappa shape index (κ2) is 8.17. The van der Waals surface area contributed by atoms with Gasteiger partial charge in [0.15, 0.2) is 17.6 Å². The number of nitrogens with zero attached hydrogens (tertiary/aromatic N) is 3. The van der Waals surface area contributed by atoms with E-state index in [4.69, 9.17) is 16.9 Å². The number of hydrogen-bond donors (Lipinski definition) is 1. The summed E-state index contributed by atoms with van der Waals surface area (Å²) in [7, 11) is 0. The van der Waals surface area contributed by atoms with Crippen molar-refractivity contribution in [3.63, 3.8) is 0 Å². The van der Waals surface area contributed by atoms with Gasteiger partial charge in [-0.05, 0) is 38.0 Å². The number of fused-ring (bicyclic) bond motifs is 1. The lowest BCUT2D eigenvalue weighted by Gasteiger charge is -2.33. The van der Waals surface area contributed by atoms with E-state index in [1.165, 1.54) is 24.0 Å². The van der Waals surface area contributed by atoms with E-state index in [-0.39, 0.29) is 41.5 Å². The van der Waals surface area contributed by atoms with E-state index < -0.39 is 22.8 Å². The molecule has 2 N–H and O–H groups in total. The monoisotopic (exact) mass is 456 g/mol. The number of hydrogen-bond acceptors (Lipinski definition) is 7. The maximum Gasteiger partial charge on any atom is 0.233 e. The fourth-order valence-electron chi connectivity index (χ4n) is 4.33. The number of Topliss-reactive ketones (excluding diaryl/α,β-unsaturated/α-hetero) is 1. The summed E-state index contributed by atoms with van der Waals surface area (Å²) in [6, 6.07) is 4.48. The second-order valence-electron chi connectivity index (χ2n) is 8.20. The van der Waals surface area contributed by atoms with Crippen LogP contribution in [-0.2, 0) is 12.0 Å². The lowest BCUT2D eigenvalue weighted by molar-refractivity contribution is 0.0986. The van der Waals surface area contributed by atoms with Crippen molar-refractivity contribution in [2.75, 3.05) is 13.3 Å². The number of nitrogens with two attached hydrogens (primary N) is 1. The Morgan fingerprint density at radius 1 is 1.47 bits per heavy atom. The van der Waals surface area contributed by atoms with Crippen molar-refractivity contribution in [3.8, 4) is 18.2 Å². The number of benzene rings is 1. The number of rotatable bonds is 7. The Morgan fingerprint density at radius 3 is 2.94 bits per heavy atom. The van der Waals surface area contributed by atoms with Gasteiger partial charge in [-0.2, -0.15) is 0 Å². The third-order valence-electron chi connectivity index (χ3n) is 6.01. The van der Waals surface area contributed by atoms with Crippen molar-refractivity contribution in [1.29, 1.82) is 0 Å². The molecule has 3 atom stereocenters. The van der Waals surface area contributed by atoms with Crippen LogP contribution < -0.4 is 10.5 Å². The Balaban J connectivity index is 1.60. The summed E-state index contributed by atoms with van der Waals surface area (Å²) in [4.78, 5) is 25.7. The summed E-state index contributed by atoms with van der Waals surface area (Å²) in [5.41, 5.74) is 6.49. The van der Waals surface area contributed by atoms with Gasteiger partial charge < -0.3 is 10.5 Å². The maximum absolute atomic E-state index is 14.9. The van der Waals surface area contributed by atoms with Crippen molar-refractivity contribution in [2.45, 2.75) is 37.0 Å². The Kier molecular flexibility index (Phi) is 5.67. The highest BCUT2D eigenvalue weighted by Gasteiger charge is 2.66. The molecule has 1 aliphatic heterocycles. The number of carbonyl (C=O) groups is 1. The predicted molar refractivity (Wildman–Crippen MR) is 119 cm³/mol. The molecule has 1 aromatic heterocycles. The van der Waals surface area contributed by atoms with Crippen LogP contribution in [0.15, 0.2) is 29.4 Å². The van der Waals surface area contributed by atoms with Crippen LogP contribution in [-0.4, -0.2) is 38.9 Å². The maximum atomic E-state index is 14.9. The highest BCUT2D eigenvalue weighted by molar-refractivity contribution is 8.15. The van der Waals surface area contributed by atoms with Crippen LogP contribution in [0.2, 0.25) is 0 Å². The van der Waals surface area contributed by atoms with Crippen molar-refractivity contribution in [1.82, 2.24) is 9.97 Å². The lowest BCUT2D eigenvalue weighted by Crippen LogP contribution is -2.36. The molecule has 0 unspecified atom stereocenters. The summed E-state index contributed by atoms with van der Waals surface area (Å²) in [5.74, 6) is 1.67. The number of carbonyl (C=O) groups excluding carboxylic acids is 1. The van der Waals surface area contributed by atoms with E-state index in [1.807, 2.05) is 0 Å². The molecule has 0 spiro atoms. The van der Waals surface area contributed by atoms with Crippen LogP contribution in [0.3, 0.4) is 0 Å². The summed E-state index contributed by atoms with van der Waals surface area (Å²) in [5, 5.41) is 0.248.